The number of likely N-dealkylation sites (tertiary alicyclic amines) is 1. The van der Waals surface area contributed by atoms with Crippen molar-refractivity contribution in [3.8, 4) is 5.75 Å². The Kier molecular flexibility index (Phi) is 7.69. The van der Waals surface area contributed by atoms with E-state index >= 15 is 0 Å². The molecule has 37 heavy (non-hydrogen) atoms. The Labute approximate surface area is 220 Å². The number of carbonyl (C=O) groups excluding carboxylic acids is 2. The van der Waals surface area contributed by atoms with E-state index in [-0.39, 0.29) is 5.57 Å². The molecule has 1 amide bonds. The van der Waals surface area contributed by atoms with Gasteiger partial charge in [0.1, 0.15) is 25.4 Å². The number of carbonyl (C=O) groups is 2. The van der Waals surface area contributed by atoms with Crippen LogP contribution in [0.15, 0.2) is 71.6 Å². The van der Waals surface area contributed by atoms with E-state index in [1.807, 2.05) is 54.8 Å². The van der Waals surface area contributed by atoms with Crippen molar-refractivity contribution >= 4 is 28.8 Å². The fourth-order valence-corrected chi connectivity index (χ4v) is 5.74. The van der Waals surface area contributed by atoms with Gasteiger partial charge in [0.2, 0.25) is 5.78 Å². The topological polar surface area (TPSA) is 83.3 Å². The average Bonchev–Trinajstić information content (AvgIpc) is 3.54. The van der Waals surface area contributed by atoms with Crippen LogP contribution in [-0.2, 0) is 20.9 Å². The van der Waals surface area contributed by atoms with Gasteiger partial charge < -0.3 is 24.4 Å². The van der Waals surface area contributed by atoms with Crippen molar-refractivity contribution in [3.05, 3.63) is 93.2 Å². The van der Waals surface area contributed by atoms with E-state index in [0.29, 0.717) is 49.8 Å². The number of nitrogens with one attached hydrogen (secondary N) is 1. The molecule has 5 rings (SSSR count). The van der Waals surface area contributed by atoms with Crippen LogP contribution in [0, 0.1) is 6.92 Å². The molecular formula is C29H30N2O5S. The summed E-state index contributed by atoms with van der Waals surface area (Å²) in [4.78, 5) is 30.1. The summed E-state index contributed by atoms with van der Waals surface area (Å²) in [5.74, 6) is -1.06. The van der Waals surface area contributed by atoms with Crippen molar-refractivity contribution in [2.24, 2.45) is 0 Å². The first-order valence-electron chi connectivity index (χ1n) is 12.5. The van der Waals surface area contributed by atoms with Crippen LogP contribution in [0.4, 0.5) is 0 Å². The summed E-state index contributed by atoms with van der Waals surface area (Å²) >= 11 is 1.45. The molecule has 2 aromatic carbocycles. The van der Waals surface area contributed by atoms with Crippen LogP contribution in [0.25, 0.3) is 5.76 Å². The number of morpholine rings is 1. The Hall–Kier alpha value is -3.46. The van der Waals surface area contributed by atoms with Crippen LogP contribution in [-0.4, -0.2) is 56.0 Å². The largest absolute Gasteiger partial charge is 0.872 e. The molecule has 0 saturated carbocycles. The Bertz CT molecular complexity index is 1280. The minimum Gasteiger partial charge on any atom is -0.872 e. The van der Waals surface area contributed by atoms with Crippen LogP contribution in [0.5, 0.6) is 5.75 Å². The molecule has 2 saturated heterocycles. The zero-order chi connectivity index (χ0) is 25.8. The van der Waals surface area contributed by atoms with Gasteiger partial charge in [0.25, 0.3) is 5.91 Å². The van der Waals surface area contributed by atoms with E-state index in [4.69, 9.17) is 9.47 Å². The number of aryl methyl sites for hydroxylation is 1. The third-order valence-electron chi connectivity index (χ3n) is 6.94. The molecule has 2 aliphatic rings. The monoisotopic (exact) mass is 518 g/mol. The second kappa shape index (κ2) is 11.3. The predicted octanol–water partition coefficient (Wildman–Crippen LogP) is 1.77. The predicted molar refractivity (Wildman–Crippen MR) is 139 cm³/mol. The van der Waals surface area contributed by atoms with Gasteiger partial charge in [-0.05, 0) is 47.2 Å². The summed E-state index contributed by atoms with van der Waals surface area (Å²) in [7, 11) is 0. The molecule has 3 aromatic rings. The highest BCUT2D eigenvalue weighted by atomic mass is 32.1. The molecule has 2 fully saturated rings. The molecule has 0 bridgehead atoms. The van der Waals surface area contributed by atoms with Crippen molar-refractivity contribution in [1.29, 1.82) is 0 Å². The molecule has 0 radical (unpaired) electrons. The van der Waals surface area contributed by atoms with E-state index < -0.39 is 23.5 Å². The number of rotatable bonds is 8. The van der Waals surface area contributed by atoms with Crippen molar-refractivity contribution in [3.63, 3.8) is 0 Å². The lowest BCUT2D eigenvalue weighted by Crippen LogP contribution is -3.14. The second-order valence-electron chi connectivity index (χ2n) is 9.35. The van der Waals surface area contributed by atoms with E-state index in [1.54, 1.807) is 23.1 Å². The maximum absolute atomic E-state index is 13.8. The second-order valence-corrected chi connectivity index (χ2v) is 10.3. The zero-order valence-corrected chi connectivity index (χ0v) is 21.6. The van der Waals surface area contributed by atoms with Gasteiger partial charge >= 0.3 is 0 Å². The quantitative estimate of drug-likeness (QED) is 0.279. The van der Waals surface area contributed by atoms with Gasteiger partial charge in [-0.1, -0.05) is 48.2 Å². The smallest absolute Gasteiger partial charge is 0.295 e. The van der Waals surface area contributed by atoms with Crippen LogP contribution < -0.4 is 14.7 Å². The number of quaternary nitrogens is 1. The van der Waals surface area contributed by atoms with Gasteiger partial charge in [0, 0.05) is 10.5 Å². The first-order valence-corrected chi connectivity index (χ1v) is 13.4. The van der Waals surface area contributed by atoms with Crippen LogP contribution in [0.3, 0.4) is 0 Å². The lowest BCUT2D eigenvalue weighted by Gasteiger charge is -2.29. The highest BCUT2D eigenvalue weighted by Gasteiger charge is 2.45. The summed E-state index contributed by atoms with van der Waals surface area (Å²) in [5, 5.41) is 15.7. The van der Waals surface area contributed by atoms with Crippen LogP contribution in [0.1, 0.15) is 27.6 Å². The fourth-order valence-electron chi connectivity index (χ4n) is 4.90. The van der Waals surface area contributed by atoms with Gasteiger partial charge in [-0.25, -0.2) is 0 Å². The lowest BCUT2D eigenvalue weighted by atomic mass is 9.97. The molecule has 1 N–H and O–H groups in total. The van der Waals surface area contributed by atoms with E-state index in [2.05, 4.69) is 0 Å². The number of thiophene rings is 1. The number of benzene rings is 2. The summed E-state index contributed by atoms with van der Waals surface area (Å²) in [6, 6.07) is 18.2. The number of ether oxygens (including phenoxy) is 2. The Morgan fingerprint density at radius 2 is 1.89 bits per heavy atom. The van der Waals surface area contributed by atoms with Gasteiger partial charge in [0.15, 0.2) is 0 Å². The van der Waals surface area contributed by atoms with E-state index in [1.165, 1.54) is 16.2 Å². The molecule has 0 aliphatic carbocycles. The molecule has 192 valence electrons. The third kappa shape index (κ3) is 5.46. The van der Waals surface area contributed by atoms with Crippen LogP contribution in [0.2, 0.25) is 0 Å². The number of Topliss-reactive ketones (excluding diaryl/α,β-unsaturated/α-hetero) is 1. The maximum Gasteiger partial charge on any atom is 0.295 e. The van der Waals surface area contributed by atoms with Gasteiger partial charge in [-0.2, -0.15) is 0 Å². The van der Waals surface area contributed by atoms with Gasteiger partial charge in [0.05, 0.1) is 32.3 Å². The summed E-state index contributed by atoms with van der Waals surface area (Å²) in [5.41, 5.74) is 2.18. The van der Waals surface area contributed by atoms with Crippen molar-refractivity contribution in [2.75, 3.05) is 39.4 Å². The molecule has 8 heteroatoms. The molecule has 7 nitrogen and oxygen atoms in total. The number of hydrogen-bond donors (Lipinski definition) is 1. The molecule has 3 heterocycles. The normalized spacial score (nSPS) is 19.9. The first-order chi connectivity index (χ1) is 18.0. The average molecular weight is 519 g/mol. The molecule has 1 aromatic heterocycles. The summed E-state index contributed by atoms with van der Waals surface area (Å²) < 4.78 is 11.3. The zero-order valence-electron chi connectivity index (χ0n) is 20.8. The molecule has 0 spiro atoms. The van der Waals surface area contributed by atoms with Crippen LogP contribution >= 0.6 is 11.3 Å². The van der Waals surface area contributed by atoms with E-state index in [9.17, 15) is 14.7 Å². The Balaban J connectivity index is 1.42. The molecular weight excluding hydrogens is 488 g/mol. The minimum absolute atomic E-state index is 0.0329. The third-order valence-corrected chi connectivity index (χ3v) is 7.86. The highest BCUT2D eigenvalue weighted by Crippen LogP contribution is 2.40. The molecule has 1 unspecified atom stereocenters. The Morgan fingerprint density at radius 1 is 1.11 bits per heavy atom. The SMILES string of the molecule is Cc1cc(OCc2ccccc2)ccc1/C([O-])=C1\C(=O)C(=O)N(CC[NH+]2CCOCC2)C1c1cccs1. The number of hydrogen-bond acceptors (Lipinski definition) is 6. The maximum atomic E-state index is 13.8. The number of ketones is 1. The lowest BCUT2D eigenvalue weighted by molar-refractivity contribution is -0.907. The molecule has 2 aliphatic heterocycles. The van der Waals surface area contributed by atoms with Crippen molar-refractivity contribution in [2.45, 2.75) is 19.6 Å². The van der Waals surface area contributed by atoms with E-state index in [0.717, 1.165) is 23.5 Å². The fraction of sp³-hybridized carbons (Fsp3) is 0.310. The van der Waals surface area contributed by atoms with Gasteiger partial charge in [-0.3, -0.25) is 9.59 Å². The molecule has 1 atom stereocenters. The summed E-state index contributed by atoms with van der Waals surface area (Å²) in [6.45, 7) is 6.47. The van der Waals surface area contributed by atoms with Crippen molar-refractivity contribution < 1.29 is 29.1 Å². The first kappa shape index (κ1) is 25.2. The van der Waals surface area contributed by atoms with Gasteiger partial charge in [-0.15, -0.1) is 11.3 Å². The minimum atomic E-state index is -0.704. The Morgan fingerprint density at radius 3 is 2.59 bits per heavy atom. The number of amides is 1. The standard InChI is InChI=1S/C29H30N2O5S/c1-20-18-22(36-19-21-6-3-2-4-7-21)9-10-23(20)27(32)25-26(24-8-5-17-37-24)31(29(34)28(25)33)12-11-30-13-15-35-16-14-30/h2-10,17-18,26,32H,11-16,19H2,1H3/b27-25+. The highest BCUT2D eigenvalue weighted by molar-refractivity contribution is 7.10. The van der Waals surface area contributed by atoms with Crippen molar-refractivity contribution in [1.82, 2.24) is 4.90 Å². The summed E-state index contributed by atoms with van der Waals surface area (Å²) in [6.07, 6.45) is 0. The number of nitrogens with zero attached hydrogens (tertiary/aromatic N) is 1.